The fourth-order valence-electron chi connectivity index (χ4n) is 3.59. The molecule has 0 saturated carbocycles. The molecule has 3 heterocycles. The lowest BCUT2D eigenvalue weighted by Gasteiger charge is -2.25. The molecule has 1 amide bonds. The standard InChI is InChI=1S/C18H21N3O3/c1-10-7-13-9-16(23-15(13)8-11(10)2)18(22)21-6-4-5-14(21)17-19-12(3)24-20-17/h7-8,14,16H,4-6,9H2,1-3H3/t14-,16+/m0/s1. The maximum atomic E-state index is 13.0. The minimum absolute atomic E-state index is 0.0199. The molecule has 1 aromatic carbocycles. The van der Waals surface area contributed by atoms with Crippen molar-refractivity contribution in [2.75, 3.05) is 6.54 Å². The van der Waals surface area contributed by atoms with Crippen molar-refractivity contribution in [3.8, 4) is 5.75 Å². The Hall–Kier alpha value is -2.37. The number of ether oxygens (including phenoxy) is 1. The van der Waals surface area contributed by atoms with E-state index in [-0.39, 0.29) is 11.9 Å². The molecule has 1 aromatic heterocycles. The normalized spacial score (nSPS) is 22.5. The second-order valence-electron chi connectivity index (χ2n) is 6.72. The van der Waals surface area contributed by atoms with Gasteiger partial charge < -0.3 is 14.2 Å². The van der Waals surface area contributed by atoms with E-state index >= 15 is 0 Å². The number of carbonyl (C=O) groups excluding carboxylic acids is 1. The Balaban J connectivity index is 1.54. The van der Waals surface area contributed by atoms with E-state index in [2.05, 4.69) is 30.1 Å². The number of nitrogens with zero attached hydrogens (tertiary/aromatic N) is 3. The number of benzene rings is 1. The zero-order valence-electron chi connectivity index (χ0n) is 14.2. The van der Waals surface area contributed by atoms with Gasteiger partial charge in [-0.05, 0) is 49.4 Å². The molecule has 0 unspecified atom stereocenters. The van der Waals surface area contributed by atoms with Crippen molar-refractivity contribution in [1.82, 2.24) is 15.0 Å². The number of carbonyl (C=O) groups is 1. The first-order valence-corrected chi connectivity index (χ1v) is 8.40. The third kappa shape index (κ3) is 2.46. The SMILES string of the molecule is Cc1nc([C@@H]2CCCN2C(=O)[C@H]2Cc3cc(C)c(C)cc3O2)no1. The van der Waals surface area contributed by atoms with E-state index < -0.39 is 6.10 Å². The van der Waals surface area contributed by atoms with Crippen molar-refractivity contribution in [2.24, 2.45) is 0 Å². The van der Waals surface area contributed by atoms with Gasteiger partial charge in [0, 0.05) is 19.9 Å². The van der Waals surface area contributed by atoms with Gasteiger partial charge in [0.15, 0.2) is 11.9 Å². The lowest BCUT2D eigenvalue weighted by molar-refractivity contribution is -0.139. The molecule has 0 aliphatic carbocycles. The van der Waals surface area contributed by atoms with E-state index in [9.17, 15) is 4.79 Å². The van der Waals surface area contributed by atoms with E-state index in [0.717, 1.165) is 24.2 Å². The van der Waals surface area contributed by atoms with Crippen LogP contribution in [0.15, 0.2) is 16.7 Å². The molecule has 1 fully saturated rings. The van der Waals surface area contributed by atoms with Gasteiger partial charge in [0.25, 0.3) is 5.91 Å². The molecule has 2 atom stereocenters. The van der Waals surface area contributed by atoms with Gasteiger partial charge in [-0.2, -0.15) is 4.98 Å². The Morgan fingerprint density at radius 1 is 1.25 bits per heavy atom. The zero-order chi connectivity index (χ0) is 16.8. The summed E-state index contributed by atoms with van der Waals surface area (Å²) in [6.45, 7) is 6.62. The van der Waals surface area contributed by atoms with Crippen LogP contribution in [0.5, 0.6) is 5.75 Å². The summed E-state index contributed by atoms with van der Waals surface area (Å²) in [5.74, 6) is 1.98. The predicted molar refractivity (Wildman–Crippen MR) is 86.8 cm³/mol. The molecule has 24 heavy (non-hydrogen) atoms. The van der Waals surface area contributed by atoms with Crippen molar-refractivity contribution >= 4 is 5.91 Å². The molecular formula is C18H21N3O3. The Bertz CT molecular complexity index is 768. The van der Waals surface area contributed by atoms with Crippen LogP contribution >= 0.6 is 0 Å². The molecule has 6 heteroatoms. The second-order valence-corrected chi connectivity index (χ2v) is 6.72. The number of rotatable bonds is 2. The zero-order valence-corrected chi connectivity index (χ0v) is 14.2. The third-order valence-electron chi connectivity index (χ3n) is 5.00. The van der Waals surface area contributed by atoms with Gasteiger partial charge in [0.1, 0.15) is 5.75 Å². The van der Waals surface area contributed by atoms with Crippen LogP contribution in [-0.4, -0.2) is 33.6 Å². The summed E-state index contributed by atoms with van der Waals surface area (Å²) >= 11 is 0. The van der Waals surface area contributed by atoms with Gasteiger partial charge in [-0.3, -0.25) is 4.79 Å². The van der Waals surface area contributed by atoms with Crippen molar-refractivity contribution in [1.29, 1.82) is 0 Å². The second kappa shape index (κ2) is 5.61. The first-order chi connectivity index (χ1) is 11.5. The van der Waals surface area contributed by atoms with E-state index in [0.29, 0.717) is 24.7 Å². The maximum Gasteiger partial charge on any atom is 0.264 e. The van der Waals surface area contributed by atoms with E-state index in [1.54, 1.807) is 6.92 Å². The Morgan fingerprint density at radius 2 is 2.04 bits per heavy atom. The summed E-state index contributed by atoms with van der Waals surface area (Å²) in [6.07, 6.45) is 1.99. The minimum atomic E-state index is -0.449. The Labute approximate surface area is 140 Å². The summed E-state index contributed by atoms with van der Waals surface area (Å²) < 4.78 is 11.0. The van der Waals surface area contributed by atoms with Crippen molar-refractivity contribution < 1.29 is 14.1 Å². The first-order valence-electron chi connectivity index (χ1n) is 8.40. The summed E-state index contributed by atoms with van der Waals surface area (Å²) in [4.78, 5) is 19.1. The highest BCUT2D eigenvalue weighted by Crippen LogP contribution is 2.35. The van der Waals surface area contributed by atoms with Gasteiger partial charge in [0.2, 0.25) is 5.89 Å². The molecule has 2 aromatic rings. The van der Waals surface area contributed by atoms with E-state index in [1.165, 1.54) is 11.1 Å². The molecule has 0 spiro atoms. The number of fused-ring (bicyclic) bond motifs is 1. The molecule has 6 nitrogen and oxygen atoms in total. The van der Waals surface area contributed by atoms with Gasteiger partial charge in [0.05, 0.1) is 6.04 Å². The number of aryl methyl sites for hydroxylation is 3. The highest BCUT2D eigenvalue weighted by molar-refractivity contribution is 5.83. The fraction of sp³-hybridized carbons (Fsp3) is 0.500. The molecule has 1 saturated heterocycles. The van der Waals surface area contributed by atoms with Crippen molar-refractivity contribution in [3.63, 3.8) is 0 Å². The van der Waals surface area contributed by atoms with Crippen LogP contribution in [0, 0.1) is 20.8 Å². The van der Waals surface area contributed by atoms with Crippen LogP contribution in [0.4, 0.5) is 0 Å². The maximum absolute atomic E-state index is 13.0. The number of aromatic nitrogens is 2. The van der Waals surface area contributed by atoms with E-state index in [1.807, 2.05) is 11.0 Å². The van der Waals surface area contributed by atoms with Crippen LogP contribution in [0.25, 0.3) is 0 Å². The van der Waals surface area contributed by atoms with Crippen molar-refractivity contribution in [2.45, 2.75) is 52.2 Å². The highest BCUT2D eigenvalue weighted by Gasteiger charge is 2.39. The minimum Gasteiger partial charge on any atom is -0.480 e. The molecule has 2 aliphatic rings. The Morgan fingerprint density at radius 3 is 2.79 bits per heavy atom. The largest absolute Gasteiger partial charge is 0.480 e. The predicted octanol–water partition coefficient (Wildman–Crippen LogP) is 2.66. The molecule has 0 bridgehead atoms. The van der Waals surface area contributed by atoms with Gasteiger partial charge in [-0.1, -0.05) is 11.2 Å². The number of likely N-dealkylation sites (tertiary alicyclic amines) is 1. The summed E-state index contributed by atoms with van der Waals surface area (Å²) in [5, 5.41) is 4.00. The molecular weight excluding hydrogens is 306 g/mol. The van der Waals surface area contributed by atoms with Gasteiger partial charge >= 0.3 is 0 Å². The van der Waals surface area contributed by atoms with Crippen LogP contribution in [0.1, 0.15) is 47.3 Å². The van der Waals surface area contributed by atoms with Crippen LogP contribution in [0.3, 0.4) is 0 Å². The number of hydrogen-bond acceptors (Lipinski definition) is 5. The topological polar surface area (TPSA) is 68.5 Å². The monoisotopic (exact) mass is 327 g/mol. The lowest BCUT2D eigenvalue weighted by Crippen LogP contribution is -2.41. The third-order valence-corrected chi connectivity index (χ3v) is 5.00. The smallest absolute Gasteiger partial charge is 0.264 e. The highest BCUT2D eigenvalue weighted by atomic mass is 16.5. The lowest BCUT2D eigenvalue weighted by atomic mass is 10.0. The summed E-state index contributed by atoms with van der Waals surface area (Å²) in [5.41, 5.74) is 3.53. The first kappa shape index (κ1) is 15.2. The van der Waals surface area contributed by atoms with Crippen LogP contribution < -0.4 is 4.74 Å². The summed E-state index contributed by atoms with van der Waals surface area (Å²) in [6, 6.07) is 4.05. The quantitative estimate of drug-likeness (QED) is 0.848. The van der Waals surface area contributed by atoms with Crippen LogP contribution in [-0.2, 0) is 11.2 Å². The molecule has 0 radical (unpaired) electrons. The summed E-state index contributed by atoms with van der Waals surface area (Å²) in [7, 11) is 0. The Kier molecular flexibility index (Phi) is 3.55. The molecule has 0 N–H and O–H groups in total. The average Bonchev–Trinajstić information content (AvgIpc) is 3.25. The molecule has 126 valence electrons. The average molecular weight is 327 g/mol. The number of amides is 1. The number of hydrogen-bond donors (Lipinski definition) is 0. The fourth-order valence-corrected chi connectivity index (χ4v) is 3.59. The van der Waals surface area contributed by atoms with Crippen molar-refractivity contribution in [3.05, 3.63) is 40.5 Å². The molecule has 4 rings (SSSR count). The molecule has 2 aliphatic heterocycles. The van der Waals surface area contributed by atoms with Gasteiger partial charge in [-0.25, -0.2) is 0 Å². The van der Waals surface area contributed by atoms with Gasteiger partial charge in [-0.15, -0.1) is 0 Å². The van der Waals surface area contributed by atoms with Crippen LogP contribution in [0.2, 0.25) is 0 Å². The van der Waals surface area contributed by atoms with E-state index in [4.69, 9.17) is 9.26 Å².